The van der Waals surface area contributed by atoms with Crippen LogP contribution in [-0.2, 0) is 12.6 Å². The summed E-state index contributed by atoms with van der Waals surface area (Å²) in [5.41, 5.74) is -4.35. The lowest BCUT2D eigenvalue weighted by Crippen LogP contribution is -2.14. The first kappa shape index (κ1) is 13.8. The summed E-state index contributed by atoms with van der Waals surface area (Å²) >= 11 is 0. The molecule has 94 valence electrons. The molecule has 0 radical (unpaired) electrons. The van der Waals surface area contributed by atoms with E-state index in [4.69, 9.17) is 10.5 Å². The molecule has 1 heterocycles. The van der Waals surface area contributed by atoms with Gasteiger partial charge in [0.05, 0.1) is 29.3 Å². The number of hydrogen-bond donors (Lipinski definition) is 0. The third-order valence-corrected chi connectivity index (χ3v) is 2.02. The van der Waals surface area contributed by atoms with Crippen molar-refractivity contribution in [3.8, 4) is 12.1 Å². The molecule has 1 aromatic heterocycles. The zero-order chi connectivity index (χ0) is 13.9. The van der Waals surface area contributed by atoms with E-state index in [1.54, 1.807) is 0 Å². The number of nitriles is 2. The van der Waals surface area contributed by atoms with Gasteiger partial charge in [-0.3, -0.25) is 0 Å². The summed E-state index contributed by atoms with van der Waals surface area (Å²) in [5, 5.41) is 16.9. The molecule has 8 heteroatoms. The Bertz CT molecular complexity index is 536. The lowest BCUT2D eigenvalue weighted by Gasteiger charge is -2.14. The Kier molecular flexibility index (Phi) is 3.82. The molecule has 0 fully saturated rings. The molecule has 0 amide bonds. The Balaban J connectivity index is 3.62. The van der Waals surface area contributed by atoms with E-state index in [-0.39, 0.29) is 6.07 Å². The van der Waals surface area contributed by atoms with E-state index in [9.17, 15) is 22.0 Å². The molecule has 0 aliphatic rings. The highest BCUT2D eigenvalue weighted by Gasteiger charge is 2.38. The van der Waals surface area contributed by atoms with Gasteiger partial charge >= 0.3 is 6.18 Å². The van der Waals surface area contributed by atoms with Crippen molar-refractivity contribution in [1.29, 1.82) is 10.5 Å². The SMILES string of the molecule is N#CCc1nc(C#N)cc(C(F)(F)F)c1C(F)F. The number of halogens is 5. The molecule has 0 aliphatic heterocycles. The molecule has 0 aromatic carbocycles. The largest absolute Gasteiger partial charge is 0.417 e. The van der Waals surface area contributed by atoms with Gasteiger partial charge in [0.2, 0.25) is 0 Å². The van der Waals surface area contributed by atoms with Crippen molar-refractivity contribution in [3.05, 3.63) is 28.6 Å². The molecule has 0 bridgehead atoms. The Hall–Kier alpha value is -2.22. The van der Waals surface area contributed by atoms with E-state index in [0.717, 1.165) is 0 Å². The Morgan fingerprint density at radius 1 is 1.28 bits per heavy atom. The average Bonchev–Trinajstić information content (AvgIpc) is 2.26. The van der Waals surface area contributed by atoms with Crippen molar-refractivity contribution < 1.29 is 22.0 Å². The van der Waals surface area contributed by atoms with E-state index >= 15 is 0 Å². The zero-order valence-corrected chi connectivity index (χ0v) is 8.59. The second-order valence-corrected chi connectivity index (χ2v) is 3.16. The summed E-state index contributed by atoms with van der Waals surface area (Å²) in [5.74, 6) is 0. The lowest BCUT2D eigenvalue weighted by molar-refractivity contribution is -0.139. The fraction of sp³-hybridized carbons (Fsp3) is 0.300. The van der Waals surface area contributed by atoms with Crippen molar-refractivity contribution in [1.82, 2.24) is 4.98 Å². The summed E-state index contributed by atoms with van der Waals surface area (Å²) in [7, 11) is 0. The molecule has 0 atom stereocenters. The number of pyridine rings is 1. The number of hydrogen-bond acceptors (Lipinski definition) is 3. The molecular weight excluding hydrogens is 257 g/mol. The number of aromatic nitrogens is 1. The quantitative estimate of drug-likeness (QED) is 0.769. The zero-order valence-electron chi connectivity index (χ0n) is 8.59. The van der Waals surface area contributed by atoms with Crippen molar-refractivity contribution in [2.24, 2.45) is 0 Å². The molecule has 0 aliphatic carbocycles. The molecule has 0 N–H and O–H groups in total. The minimum absolute atomic E-state index is 0.252. The summed E-state index contributed by atoms with van der Waals surface area (Å²) in [4.78, 5) is 3.31. The van der Waals surface area contributed by atoms with Gasteiger partial charge in [-0.2, -0.15) is 23.7 Å². The van der Waals surface area contributed by atoms with Gasteiger partial charge in [0.15, 0.2) is 0 Å². The molecule has 0 saturated heterocycles. The predicted octanol–water partition coefficient (Wildman–Crippen LogP) is 2.98. The molecule has 0 saturated carbocycles. The van der Waals surface area contributed by atoms with Crippen molar-refractivity contribution >= 4 is 0 Å². The van der Waals surface area contributed by atoms with Crippen LogP contribution in [0.2, 0.25) is 0 Å². The van der Waals surface area contributed by atoms with Gasteiger partial charge in [0, 0.05) is 0 Å². The first-order chi connectivity index (χ1) is 8.31. The number of nitrogens with zero attached hydrogens (tertiary/aromatic N) is 3. The van der Waals surface area contributed by atoms with Crippen LogP contribution in [0.15, 0.2) is 6.07 Å². The highest BCUT2D eigenvalue weighted by atomic mass is 19.4. The minimum atomic E-state index is -5.04. The van der Waals surface area contributed by atoms with Gasteiger partial charge in [-0.1, -0.05) is 0 Å². The normalized spacial score (nSPS) is 11.1. The summed E-state index contributed by atoms with van der Waals surface area (Å²) < 4.78 is 63.1. The van der Waals surface area contributed by atoms with Crippen LogP contribution in [0, 0.1) is 22.7 Å². The Labute approximate surface area is 98.1 Å². The highest BCUT2D eigenvalue weighted by Crippen LogP contribution is 2.38. The van der Waals surface area contributed by atoms with Crippen LogP contribution in [0.1, 0.15) is 28.9 Å². The Morgan fingerprint density at radius 3 is 2.28 bits per heavy atom. The van der Waals surface area contributed by atoms with Crippen LogP contribution in [0.25, 0.3) is 0 Å². The van der Waals surface area contributed by atoms with E-state index in [2.05, 4.69) is 4.98 Å². The topological polar surface area (TPSA) is 60.5 Å². The monoisotopic (exact) mass is 261 g/mol. The molecular formula is C10H4F5N3. The number of rotatable bonds is 2. The second-order valence-electron chi connectivity index (χ2n) is 3.16. The van der Waals surface area contributed by atoms with E-state index in [1.807, 2.05) is 0 Å². The smallest absolute Gasteiger partial charge is 0.241 e. The molecule has 0 unspecified atom stereocenters. The predicted molar refractivity (Wildman–Crippen MR) is 48.2 cm³/mol. The van der Waals surface area contributed by atoms with Gasteiger partial charge in [-0.25, -0.2) is 13.8 Å². The molecule has 0 spiro atoms. The van der Waals surface area contributed by atoms with Crippen LogP contribution in [0.4, 0.5) is 22.0 Å². The van der Waals surface area contributed by atoms with Gasteiger partial charge < -0.3 is 0 Å². The van der Waals surface area contributed by atoms with Crippen LogP contribution in [0.5, 0.6) is 0 Å². The van der Waals surface area contributed by atoms with Crippen molar-refractivity contribution in [2.45, 2.75) is 19.0 Å². The summed E-state index contributed by atoms with van der Waals surface area (Å²) in [6.07, 6.45) is -9.19. The fourth-order valence-corrected chi connectivity index (χ4v) is 1.35. The summed E-state index contributed by atoms with van der Waals surface area (Å²) in [6.45, 7) is 0. The lowest BCUT2D eigenvalue weighted by atomic mass is 10.0. The van der Waals surface area contributed by atoms with Gasteiger partial charge in [0.1, 0.15) is 11.8 Å². The first-order valence-corrected chi connectivity index (χ1v) is 4.47. The molecule has 1 rings (SSSR count). The standard InChI is InChI=1S/C10H4F5N3/c11-9(12)8-6(10(13,14)15)3-5(4-17)18-7(8)1-2-16/h3,9H,1H2. The second kappa shape index (κ2) is 4.96. The maximum absolute atomic E-state index is 12.6. The maximum atomic E-state index is 12.6. The van der Waals surface area contributed by atoms with Crippen molar-refractivity contribution in [3.63, 3.8) is 0 Å². The van der Waals surface area contributed by atoms with Crippen LogP contribution in [-0.4, -0.2) is 4.98 Å². The van der Waals surface area contributed by atoms with Gasteiger partial charge in [-0.15, -0.1) is 0 Å². The maximum Gasteiger partial charge on any atom is 0.417 e. The third-order valence-electron chi connectivity index (χ3n) is 2.02. The van der Waals surface area contributed by atoms with E-state index in [0.29, 0.717) is 0 Å². The molecule has 3 nitrogen and oxygen atoms in total. The van der Waals surface area contributed by atoms with Crippen LogP contribution in [0.3, 0.4) is 0 Å². The first-order valence-electron chi connectivity index (χ1n) is 4.47. The third kappa shape index (κ3) is 2.72. The molecule has 18 heavy (non-hydrogen) atoms. The van der Waals surface area contributed by atoms with Gasteiger partial charge in [-0.05, 0) is 6.07 Å². The fourth-order valence-electron chi connectivity index (χ4n) is 1.35. The summed E-state index contributed by atoms with van der Waals surface area (Å²) in [6, 6.07) is 3.03. The van der Waals surface area contributed by atoms with E-state index in [1.165, 1.54) is 12.1 Å². The van der Waals surface area contributed by atoms with Crippen LogP contribution < -0.4 is 0 Å². The number of alkyl halides is 5. The average molecular weight is 261 g/mol. The van der Waals surface area contributed by atoms with E-state index < -0.39 is 41.5 Å². The highest BCUT2D eigenvalue weighted by molar-refractivity contribution is 5.40. The molecule has 1 aromatic rings. The van der Waals surface area contributed by atoms with Gasteiger partial charge in [0.25, 0.3) is 6.43 Å². The van der Waals surface area contributed by atoms with Crippen molar-refractivity contribution in [2.75, 3.05) is 0 Å². The minimum Gasteiger partial charge on any atom is -0.241 e. The van der Waals surface area contributed by atoms with Crippen LogP contribution >= 0.6 is 0 Å². The Morgan fingerprint density at radius 2 is 1.89 bits per heavy atom.